The fraction of sp³-hybridized carbons (Fsp3) is 0.174. The maximum Gasteiger partial charge on any atom is 0.255 e. The van der Waals surface area contributed by atoms with Crippen LogP contribution in [0.5, 0.6) is 11.5 Å². The first-order valence-corrected chi connectivity index (χ1v) is 9.35. The standard InChI is InChI=1S/C23H21FN2O4/c1-3-30-20-9-7-16(22-17(14-27)5-4-10-25-22)12-18(20)23(28)26-13-15-6-8-21(29-2)19(24)11-15/h4-12,14H,3,13H2,1-2H3,(H,26,28). The van der Waals surface area contributed by atoms with Gasteiger partial charge in [-0.15, -0.1) is 0 Å². The highest BCUT2D eigenvalue weighted by Gasteiger charge is 2.16. The summed E-state index contributed by atoms with van der Waals surface area (Å²) in [5.74, 6) is -0.348. The van der Waals surface area contributed by atoms with Crippen LogP contribution in [0.25, 0.3) is 11.3 Å². The third-order valence-electron chi connectivity index (χ3n) is 4.43. The van der Waals surface area contributed by atoms with Crippen LogP contribution in [0.2, 0.25) is 0 Å². The van der Waals surface area contributed by atoms with E-state index in [9.17, 15) is 14.0 Å². The fourth-order valence-electron chi connectivity index (χ4n) is 2.99. The average Bonchev–Trinajstić information content (AvgIpc) is 2.78. The number of benzene rings is 2. The summed E-state index contributed by atoms with van der Waals surface area (Å²) >= 11 is 0. The normalized spacial score (nSPS) is 10.4. The molecule has 6 nitrogen and oxygen atoms in total. The summed E-state index contributed by atoms with van der Waals surface area (Å²) in [6, 6.07) is 12.9. The molecule has 0 aliphatic rings. The molecule has 1 amide bonds. The lowest BCUT2D eigenvalue weighted by molar-refractivity contribution is 0.0947. The Morgan fingerprint density at radius 2 is 1.97 bits per heavy atom. The van der Waals surface area contributed by atoms with E-state index in [0.717, 1.165) is 6.29 Å². The van der Waals surface area contributed by atoms with Gasteiger partial charge in [0.2, 0.25) is 0 Å². The number of aromatic nitrogens is 1. The van der Waals surface area contributed by atoms with E-state index in [1.54, 1.807) is 42.6 Å². The van der Waals surface area contributed by atoms with Crippen molar-refractivity contribution in [1.82, 2.24) is 10.3 Å². The number of nitrogens with zero attached hydrogens (tertiary/aromatic N) is 1. The number of aldehydes is 1. The zero-order valence-corrected chi connectivity index (χ0v) is 16.6. The summed E-state index contributed by atoms with van der Waals surface area (Å²) < 4.78 is 24.4. The first kappa shape index (κ1) is 21.0. The van der Waals surface area contributed by atoms with E-state index in [-0.39, 0.29) is 18.2 Å². The SMILES string of the molecule is CCOc1ccc(-c2ncccc2C=O)cc1C(=O)NCc1ccc(OC)c(F)c1. The summed E-state index contributed by atoms with van der Waals surface area (Å²) in [5, 5.41) is 2.77. The molecular formula is C23H21FN2O4. The van der Waals surface area contributed by atoms with Crippen molar-refractivity contribution in [3.05, 3.63) is 77.2 Å². The van der Waals surface area contributed by atoms with Gasteiger partial charge in [-0.05, 0) is 55.0 Å². The molecule has 0 unspecified atom stereocenters. The topological polar surface area (TPSA) is 77.5 Å². The molecule has 0 saturated carbocycles. The Kier molecular flexibility index (Phi) is 6.75. The van der Waals surface area contributed by atoms with E-state index in [1.807, 2.05) is 6.92 Å². The van der Waals surface area contributed by atoms with Crippen molar-refractivity contribution in [1.29, 1.82) is 0 Å². The molecular weight excluding hydrogens is 387 g/mol. The predicted octanol–water partition coefficient (Wildman–Crippen LogP) is 4.04. The molecule has 154 valence electrons. The number of carbonyl (C=O) groups excluding carboxylic acids is 2. The molecule has 7 heteroatoms. The molecule has 0 atom stereocenters. The molecule has 0 radical (unpaired) electrons. The number of hydrogen-bond donors (Lipinski definition) is 1. The van der Waals surface area contributed by atoms with Gasteiger partial charge < -0.3 is 14.8 Å². The smallest absolute Gasteiger partial charge is 0.255 e. The molecule has 0 saturated heterocycles. The van der Waals surface area contributed by atoms with E-state index in [2.05, 4.69) is 10.3 Å². The highest BCUT2D eigenvalue weighted by molar-refractivity contribution is 5.98. The first-order chi connectivity index (χ1) is 14.6. The van der Waals surface area contributed by atoms with Crippen molar-refractivity contribution in [3.63, 3.8) is 0 Å². The lowest BCUT2D eigenvalue weighted by Crippen LogP contribution is -2.23. The summed E-state index contributed by atoms with van der Waals surface area (Å²) in [4.78, 5) is 28.5. The maximum absolute atomic E-state index is 13.9. The van der Waals surface area contributed by atoms with E-state index in [0.29, 0.717) is 40.3 Å². The Bertz CT molecular complexity index is 1070. The van der Waals surface area contributed by atoms with Gasteiger partial charge in [-0.3, -0.25) is 14.6 Å². The van der Waals surface area contributed by atoms with Crippen LogP contribution in [-0.2, 0) is 6.54 Å². The Labute approximate surface area is 173 Å². The van der Waals surface area contributed by atoms with Crippen LogP contribution in [0.1, 0.15) is 33.2 Å². The monoisotopic (exact) mass is 408 g/mol. The van der Waals surface area contributed by atoms with E-state index in [1.165, 1.54) is 19.2 Å². The second-order valence-electron chi connectivity index (χ2n) is 6.35. The third-order valence-corrected chi connectivity index (χ3v) is 4.43. The summed E-state index contributed by atoms with van der Waals surface area (Å²) in [5.41, 5.74) is 2.39. The van der Waals surface area contributed by atoms with E-state index in [4.69, 9.17) is 9.47 Å². The van der Waals surface area contributed by atoms with E-state index >= 15 is 0 Å². The first-order valence-electron chi connectivity index (χ1n) is 9.35. The predicted molar refractivity (Wildman–Crippen MR) is 110 cm³/mol. The summed E-state index contributed by atoms with van der Waals surface area (Å²) in [7, 11) is 1.39. The molecule has 0 bridgehead atoms. The van der Waals surface area contributed by atoms with Gasteiger partial charge in [-0.1, -0.05) is 6.07 Å². The highest BCUT2D eigenvalue weighted by Crippen LogP contribution is 2.27. The molecule has 1 aromatic heterocycles. The summed E-state index contributed by atoms with van der Waals surface area (Å²) in [6.07, 6.45) is 2.30. The van der Waals surface area contributed by atoms with Gasteiger partial charge in [0, 0.05) is 23.9 Å². The Morgan fingerprint density at radius 3 is 2.67 bits per heavy atom. The number of amides is 1. The second-order valence-corrected chi connectivity index (χ2v) is 6.35. The van der Waals surface area contributed by atoms with Crippen molar-refractivity contribution >= 4 is 12.2 Å². The Hall–Kier alpha value is -3.74. The van der Waals surface area contributed by atoms with Gasteiger partial charge in [0.15, 0.2) is 17.9 Å². The minimum Gasteiger partial charge on any atom is -0.494 e. The molecule has 3 rings (SSSR count). The Balaban J connectivity index is 1.87. The largest absolute Gasteiger partial charge is 0.494 e. The Morgan fingerprint density at radius 1 is 1.17 bits per heavy atom. The van der Waals surface area contributed by atoms with Crippen molar-refractivity contribution in [2.45, 2.75) is 13.5 Å². The lowest BCUT2D eigenvalue weighted by Gasteiger charge is -2.13. The fourth-order valence-corrected chi connectivity index (χ4v) is 2.99. The average molecular weight is 408 g/mol. The molecule has 0 aliphatic carbocycles. The van der Waals surface area contributed by atoms with Crippen LogP contribution in [0.4, 0.5) is 4.39 Å². The van der Waals surface area contributed by atoms with Gasteiger partial charge in [0.1, 0.15) is 5.75 Å². The van der Waals surface area contributed by atoms with Crippen LogP contribution in [-0.4, -0.2) is 30.9 Å². The number of nitrogens with one attached hydrogen (secondary N) is 1. The number of halogens is 1. The lowest BCUT2D eigenvalue weighted by atomic mass is 10.0. The molecule has 0 aliphatic heterocycles. The quantitative estimate of drug-likeness (QED) is 0.569. The molecule has 0 fully saturated rings. The molecule has 1 N–H and O–H groups in total. The zero-order valence-electron chi connectivity index (χ0n) is 16.6. The molecule has 2 aromatic carbocycles. The van der Waals surface area contributed by atoms with Crippen LogP contribution < -0.4 is 14.8 Å². The number of rotatable bonds is 8. The molecule has 1 heterocycles. The second kappa shape index (κ2) is 9.65. The van der Waals surface area contributed by atoms with Crippen molar-refractivity contribution in [2.75, 3.05) is 13.7 Å². The van der Waals surface area contributed by atoms with E-state index < -0.39 is 5.82 Å². The van der Waals surface area contributed by atoms with Gasteiger partial charge in [-0.2, -0.15) is 0 Å². The molecule has 0 spiro atoms. The van der Waals surface area contributed by atoms with Crippen LogP contribution >= 0.6 is 0 Å². The number of carbonyl (C=O) groups is 2. The molecule has 3 aromatic rings. The van der Waals surface area contributed by atoms with Crippen LogP contribution in [0.15, 0.2) is 54.7 Å². The maximum atomic E-state index is 13.9. The zero-order chi connectivity index (χ0) is 21.5. The van der Waals surface area contributed by atoms with Crippen molar-refractivity contribution < 1.29 is 23.5 Å². The molecule has 30 heavy (non-hydrogen) atoms. The summed E-state index contributed by atoms with van der Waals surface area (Å²) in [6.45, 7) is 2.32. The van der Waals surface area contributed by atoms with Crippen molar-refractivity contribution in [3.8, 4) is 22.8 Å². The van der Waals surface area contributed by atoms with Crippen LogP contribution in [0, 0.1) is 5.82 Å². The number of pyridine rings is 1. The number of methoxy groups -OCH3 is 1. The third kappa shape index (κ3) is 4.63. The number of hydrogen-bond acceptors (Lipinski definition) is 5. The van der Waals surface area contributed by atoms with Crippen molar-refractivity contribution in [2.24, 2.45) is 0 Å². The highest BCUT2D eigenvalue weighted by atomic mass is 19.1. The number of ether oxygens (including phenoxy) is 2. The minimum absolute atomic E-state index is 0.124. The van der Waals surface area contributed by atoms with Gasteiger partial charge in [0.05, 0.1) is 25.0 Å². The van der Waals surface area contributed by atoms with Gasteiger partial charge in [0.25, 0.3) is 5.91 Å². The van der Waals surface area contributed by atoms with Crippen LogP contribution in [0.3, 0.4) is 0 Å². The van der Waals surface area contributed by atoms with Gasteiger partial charge in [-0.25, -0.2) is 4.39 Å². The minimum atomic E-state index is -0.502. The van der Waals surface area contributed by atoms with Gasteiger partial charge >= 0.3 is 0 Å².